The van der Waals surface area contributed by atoms with Crippen LogP contribution in [0.3, 0.4) is 0 Å². The first-order valence-corrected chi connectivity index (χ1v) is 6.48. The van der Waals surface area contributed by atoms with Crippen LogP contribution in [0.15, 0.2) is 34.7 Å². The summed E-state index contributed by atoms with van der Waals surface area (Å²) < 4.78 is 5.82. The fourth-order valence-corrected chi connectivity index (χ4v) is 2.10. The standard InChI is InChI=1S/C15H19NO3/c1-11(16(2)9-5-8-15(17)18)14-10-12-6-3-4-7-13(12)19-14/h3-4,6-7,10-11H,5,8-9H2,1-2H3,(H,17,18). The zero-order valence-electron chi connectivity index (χ0n) is 11.3. The van der Waals surface area contributed by atoms with E-state index in [1.54, 1.807) is 0 Å². The Labute approximate surface area is 112 Å². The van der Waals surface area contributed by atoms with Crippen LogP contribution in [0.5, 0.6) is 0 Å². The number of nitrogens with zero attached hydrogens (tertiary/aromatic N) is 1. The van der Waals surface area contributed by atoms with Crippen LogP contribution < -0.4 is 0 Å². The first-order valence-electron chi connectivity index (χ1n) is 6.48. The molecule has 0 saturated carbocycles. The van der Waals surface area contributed by atoms with Gasteiger partial charge in [-0.1, -0.05) is 18.2 Å². The summed E-state index contributed by atoms with van der Waals surface area (Å²) in [6.07, 6.45) is 0.855. The molecule has 0 aliphatic carbocycles. The van der Waals surface area contributed by atoms with Crippen LogP contribution in [0.4, 0.5) is 0 Å². The lowest BCUT2D eigenvalue weighted by molar-refractivity contribution is -0.137. The van der Waals surface area contributed by atoms with Crippen molar-refractivity contribution in [2.75, 3.05) is 13.6 Å². The summed E-state index contributed by atoms with van der Waals surface area (Å²) in [4.78, 5) is 12.6. The highest BCUT2D eigenvalue weighted by atomic mass is 16.4. The van der Waals surface area contributed by atoms with Gasteiger partial charge in [-0.3, -0.25) is 9.69 Å². The van der Waals surface area contributed by atoms with E-state index in [-0.39, 0.29) is 12.5 Å². The minimum atomic E-state index is -0.746. The lowest BCUT2D eigenvalue weighted by Crippen LogP contribution is -2.23. The molecule has 1 aromatic heterocycles. The van der Waals surface area contributed by atoms with E-state index in [2.05, 4.69) is 11.8 Å². The largest absolute Gasteiger partial charge is 0.481 e. The normalized spacial score (nSPS) is 13.0. The molecule has 0 fully saturated rings. The Morgan fingerprint density at radius 3 is 2.84 bits per heavy atom. The van der Waals surface area contributed by atoms with E-state index in [1.807, 2.05) is 37.4 Å². The van der Waals surface area contributed by atoms with E-state index >= 15 is 0 Å². The SMILES string of the molecule is CC(c1cc2ccccc2o1)N(C)CCCC(=O)O. The molecular formula is C15H19NO3. The van der Waals surface area contributed by atoms with Gasteiger partial charge in [-0.25, -0.2) is 0 Å². The highest BCUT2D eigenvalue weighted by Gasteiger charge is 2.16. The average Bonchev–Trinajstić information content (AvgIpc) is 2.80. The molecule has 1 heterocycles. The number of fused-ring (bicyclic) bond motifs is 1. The molecule has 102 valence electrons. The van der Waals surface area contributed by atoms with Crippen LogP contribution in [0.1, 0.15) is 31.6 Å². The van der Waals surface area contributed by atoms with Crippen molar-refractivity contribution in [1.82, 2.24) is 4.90 Å². The smallest absolute Gasteiger partial charge is 0.303 e. The van der Waals surface area contributed by atoms with Crippen LogP contribution in [0.25, 0.3) is 11.0 Å². The second-order valence-corrected chi connectivity index (χ2v) is 4.84. The fourth-order valence-electron chi connectivity index (χ4n) is 2.10. The van der Waals surface area contributed by atoms with Crippen molar-refractivity contribution in [1.29, 1.82) is 0 Å². The molecule has 0 spiro atoms. The van der Waals surface area contributed by atoms with E-state index in [0.717, 1.165) is 23.3 Å². The van der Waals surface area contributed by atoms with Crippen molar-refractivity contribution >= 4 is 16.9 Å². The number of hydrogen-bond acceptors (Lipinski definition) is 3. The van der Waals surface area contributed by atoms with E-state index < -0.39 is 5.97 Å². The molecule has 1 N–H and O–H groups in total. The number of carboxylic acids is 1. The minimum Gasteiger partial charge on any atom is -0.481 e. The van der Waals surface area contributed by atoms with Gasteiger partial charge in [0.2, 0.25) is 0 Å². The lowest BCUT2D eigenvalue weighted by atomic mass is 10.2. The highest BCUT2D eigenvalue weighted by Crippen LogP contribution is 2.26. The molecule has 1 aromatic carbocycles. The van der Waals surface area contributed by atoms with Gasteiger partial charge >= 0.3 is 5.97 Å². The van der Waals surface area contributed by atoms with Crippen molar-refractivity contribution < 1.29 is 14.3 Å². The summed E-state index contributed by atoms with van der Waals surface area (Å²) >= 11 is 0. The van der Waals surface area contributed by atoms with Gasteiger partial charge in [0.25, 0.3) is 0 Å². The van der Waals surface area contributed by atoms with Gasteiger partial charge < -0.3 is 9.52 Å². The van der Waals surface area contributed by atoms with E-state index in [4.69, 9.17) is 9.52 Å². The van der Waals surface area contributed by atoms with Crippen molar-refractivity contribution in [3.05, 3.63) is 36.1 Å². The molecule has 4 heteroatoms. The van der Waals surface area contributed by atoms with E-state index in [9.17, 15) is 4.79 Å². The fraction of sp³-hybridized carbons (Fsp3) is 0.400. The van der Waals surface area contributed by atoms with Crippen LogP contribution >= 0.6 is 0 Å². The predicted octanol–water partition coefficient (Wildman–Crippen LogP) is 3.29. The second-order valence-electron chi connectivity index (χ2n) is 4.84. The summed E-state index contributed by atoms with van der Waals surface area (Å²) in [6.45, 7) is 2.81. The van der Waals surface area contributed by atoms with Gasteiger partial charge in [-0.2, -0.15) is 0 Å². The van der Waals surface area contributed by atoms with Crippen molar-refractivity contribution in [3.63, 3.8) is 0 Å². The summed E-state index contributed by atoms with van der Waals surface area (Å²) in [6, 6.07) is 10.1. The Morgan fingerprint density at radius 2 is 2.16 bits per heavy atom. The quantitative estimate of drug-likeness (QED) is 0.867. The topological polar surface area (TPSA) is 53.7 Å². The van der Waals surface area contributed by atoms with Crippen molar-refractivity contribution in [3.8, 4) is 0 Å². The number of carboxylic acid groups (broad SMARTS) is 1. The van der Waals surface area contributed by atoms with Gasteiger partial charge in [-0.05, 0) is 39.1 Å². The second kappa shape index (κ2) is 5.89. The number of para-hydroxylation sites is 1. The molecule has 19 heavy (non-hydrogen) atoms. The number of aliphatic carboxylic acids is 1. The molecule has 2 rings (SSSR count). The number of hydrogen-bond donors (Lipinski definition) is 1. The first-order chi connectivity index (χ1) is 9.08. The molecule has 0 amide bonds. The maximum Gasteiger partial charge on any atom is 0.303 e. The Bertz CT molecular complexity index is 528. The third kappa shape index (κ3) is 3.35. The minimum absolute atomic E-state index is 0.140. The Hall–Kier alpha value is -1.81. The number of carbonyl (C=O) groups is 1. The van der Waals surface area contributed by atoms with Crippen LogP contribution in [0, 0.1) is 0 Å². The van der Waals surface area contributed by atoms with E-state index in [1.165, 1.54) is 0 Å². The molecular weight excluding hydrogens is 242 g/mol. The van der Waals surface area contributed by atoms with Gasteiger partial charge in [-0.15, -0.1) is 0 Å². The Kier molecular flexibility index (Phi) is 4.22. The number of furan rings is 1. The maximum absolute atomic E-state index is 10.5. The van der Waals surface area contributed by atoms with Crippen molar-refractivity contribution in [2.45, 2.75) is 25.8 Å². The lowest BCUT2D eigenvalue weighted by Gasteiger charge is -2.22. The zero-order chi connectivity index (χ0) is 13.8. The first kappa shape index (κ1) is 13.6. The molecule has 2 aromatic rings. The average molecular weight is 261 g/mol. The summed E-state index contributed by atoms with van der Waals surface area (Å²) in [7, 11) is 1.99. The van der Waals surface area contributed by atoms with Gasteiger partial charge in [0.1, 0.15) is 11.3 Å². The third-order valence-electron chi connectivity index (χ3n) is 3.42. The van der Waals surface area contributed by atoms with Gasteiger partial charge in [0, 0.05) is 11.8 Å². The summed E-state index contributed by atoms with van der Waals surface area (Å²) in [5, 5.41) is 9.74. The molecule has 0 saturated heterocycles. The van der Waals surface area contributed by atoms with Gasteiger partial charge in [0.15, 0.2) is 0 Å². The van der Waals surface area contributed by atoms with Gasteiger partial charge in [0.05, 0.1) is 6.04 Å². The molecule has 0 aliphatic rings. The van der Waals surface area contributed by atoms with Crippen LogP contribution in [0.2, 0.25) is 0 Å². The van der Waals surface area contributed by atoms with E-state index in [0.29, 0.717) is 6.42 Å². The number of benzene rings is 1. The summed E-state index contributed by atoms with van der Waals surface area (Å²) in [5.41, 5.74) is 0.892. The zero-order valence-corrected chi connectivity index (χ0v) is 11.3. The summed E-state index contributed by atoms with van der Waals surface area (Å²) in [5.74, 6) is 0.170. The third-order valence-corrected chi connectivity index (χ3v) is 3.42. The molecule has 1 atom stereocenters. The molecule has 0 aliphatic heterocycles. The monoisotopic (exact) mass is 261 g/mol. The molecule has 1 unspecified atom stereocenters. The Morgan fingerprint density at radius 1 is 1.42 bits per heavy atom. The predicted molar refractivity (Wildman–Crippen MR) is 74.1 cm³/mol. The van der Waals surface area contributed by atoms with Crippen LogP contribution in [-0.4, -0.2) is 29.6 Å². The molecule has 0 bridgehead atoms. The highest BCUT2D eigenvalue weighted by molar-refractivity contribution is 5.77. The van der Waals surface area contributed by atoms with Crippen LogP contribution in [-0.2, 0) is 4.79 Å². The maximum atomic E-state index is 10.5. The number of rotatable bonds is 6. The van der Waals surface area contributed by atoms with Crippen molar-refractivity contribution in [2.24, 2.45) is 0 Å². The molecule has 4 nitrogen and oxygen atoms in total. The Balaban J connectivity index is 2.01. The molecule has 0 radical (unpaired) electrons.